The highest BCUT2D eigenvalue weighted by Crippen LogP contribution is 2.33. The number of hydrogen-bond acceptors (Lipinski definition) is 6. The third kappa shape index (κ3) is 6.19. The van der Waals surface area contributed by atoms with Gasteiger partial charge in [-0.15, -0.1) is 0 Å². The third-order valence-electron chi connectivity index (χ3n) is 6.46. The Balaban J connectivity index is 1.65. The summed E-state index contributed by atoms with van der Waals surface area (Å²) < 4.78 is 15.1. The molecule has 0 fully saturated rings. The summed E-state index contributed by atoms with van der Waals surface area (Å²) in [6.07, 6.45) is 2.31. The molecule has 5 rings (SSSR count). The maximum atomic E-state index is 14.0. The number of esters is 1. The van der Waals surface area contributed by atoms with Gasteiger partial charge in [0.05, 0.1) is 42.6 Å². The molecule has 41 heavy (non-hydrogen) atoms. The fourth-order valence-electron chi connectivity index (χ4n) is 4.58. The number of fused-ring (bicyclic) bond motifs is 1. The SMILES string of the molecule is CCC1=C(C(=O)OC)[C@H](c2ccccc2)n2c(s/c(=C/c3cc(Br)cc(I)c3OCc3ccc(Cl)c(Cl)c3)c2=O)=N1. The van der Waals surface area contributed by atoms with E-state index < -0.39 is 12.0 Å². The topological polar surface area (TPSA) is 69.9 Å². The minimum atomic E-state index is -0.662. The second kappa shape index (κ2) is 12.8. The van der Waals surface area contributed by atoms with Crippen molar-refractivity contribution in [1.82, 2.24) is 4.57 Å². The van der Waals surface area contributed by atoms with Crippen molar-refractivity contribution in [2.75, 3.05) is 7.11 Å². The number of allylic oxidation sites excluding steroid dienone is 1. The first-order valence-electron chi connectivity index (χ1n) is 12.5. The molecule has 1 aliphatic heterocycles. The van der Waals surface area contributed by atoms with Gasteiger partial charge >= 0.3 is 5.97 Å². The molecule has 11 heteroatoms. The van der Waals surface area contributed by atoms with Crippen LogP contribution in [0.5, 0.6) is 5.75 Å². The summed E-state index contributed by atoms with van der Waals surface area (Å²) in [7, 11) is 1.34. The number of carbonyl (C=O) groups excluding carboxylic acids is 1. The molecule has 2 heterocycles. The summed E-state index contributed by atoms with van der Waals surface area (Å²) in [5.41, 5.74) is 3.07. The predicted molar refractivity (Wildman–Crippen MR) is 174 cm³/mol. The molecule has 0 bridgehead atoms. The van der Waals surface area contributed by atoms with Gasteiger partial charge in [0.25, 0.3) is 5.56 Å². The normalized spacial score (nSPS) is 15.0. The Morgan fingerprint density at radius 2 is 1.90 bits per heavy atom. The first-order chi connectivity index (χ1) is 19.7. The van der Waals surface area contributed by atoms with Crippen LogP contribution in [-0.4, -0.2) is 17.6 Å². The van der Waals surface area contributed by atoms with Crippen molar-refractivity contribution in [3.05, 3.63) is 126 Å². The van der Waals surface area contributed by atoms with Gasteiger partial charge in [-0.05, 0) is 70.5 Å². The lowest BCUT2D eigenvalue weighted by molar-refractivity contribution is -0.136. The van der Waals surface area contributed by atoms with E-state index in [4.69, 9.17) is 37.7 Å². The predicted octanol–water partition coefficient (Wildman–Crippen LogP) is 7.05. The highest BCUT2D eigenvalue weighted by molar-refractivity contribution is 14.1. The second-order valence-corrected chi connectivity index (χ2v) is 12.9. The zero-order valence-corrected chi connectivity index (χ0v) is 27.9. The van der Waals surface area contributed by atoms with Crippen LogP contribution in [0.1, 0.15) is 36.1 Å². The van der Waals surface area contributed by atoms with E-state index in [0.717, 1.165) is 19.2 Å². The third-order valence-corrected chi connectivity index (χ3v) is 9.44. The Morgan fingerprint density at radius 1 is 1.15 bits per heavy atom. The number of carbonyl (C=O) groups is 1. The van der Waals surface area contributed by atoms with Crippen molar-refractivity contribution in [3.63, 3.8) is 0 Å². The number of ether oxygens (including phenoxy) is 2. The van der Waals surface area contributed by atoms with E-state index in [1.165, 1.54) is 18.4 Å². The van der Waals surface area contributed by atoms with E-state index in [-0.39, 0.29) is 12.2 Å². The van der Waals surface area contributed by atoms with Crippen molar-refractivity contribution in [2.45, 2.75) is 26.0 Å². The molecular weight excluding hydrogens is 762 g/mol. The van der Waals surface area contributed by atoms with Crippen molar-refractivity contribution in [2.24, 2.45) is 4.99 Å². The van der Waals surface area contributed by atoms with E-state index in [1.54, 1.807) is 22.8 Å². The van der Waals surface area contributed by atoms with Crippen LogP contribution in [-0.2, 0) is 16.1 Å². The van der Waals surface area contributed by atoms with Gasteiger partial charge in [-0.2, -0.15) is 0 Å². The molecule has 1 aromatic heterocycles. The van der Waals surface area contributed by atoms with E-state index in [2.05, 4.69) is 38.5 Å². The number of aromatic nitrogens is 1. The maximum absolute atomic E-state index is 14.0. The first kappa shape index (κ1) is 30.0. The van der Waals surface area contributed by atoms with Gasteiger partial charge in [0.1, 0.15) is 12.4 Å². The van der Waals surface area contributed by atoms with Gasteiger partial charge in [-0.1, -0.05) is 93.8 Å². The maximum Gasteiger partial charge on any atom is 0.338 e. The lowest BCUT2D eigenvalue weighted by Gasteiger charge is -2.25. The lowest BCUT2D eigenvalue weighted by atomic mass is 9.95. The largest absolute Gasteiger partial charge is 0.487 e. The second-order valence-electron chi connectivity index (χ2n) is 9.04. The molecule has 0 radical (unpaired) electrons. The monoisotopic (exact) mass is 782 g/mol. The summed E-state index contributed by atoms with van der Waals surface area (Å²) >= 11 is 19.3. The molecule has 0 saturated heterocycles. The number of rotatable bonds is 7. The Morgan fingerprint density at radius 3 is 2.59 bits per heavy atom. The van der Waals surface area contributed by atoms with Crippen LogP contribution in [0, 0.1) is 3.57 Å². The summed E-state index contributed by atoms with van der Waals surface area (Å²) in [5, 5.41) is 0.922. The van der Waals surface area contributed by atoms with E-state index >= 15 is 0 Å². The van der Waals surface area contributed by atoms with Crippen molar-refractivity contribution < 1.29 is 14.3 Å². The summed E-state index contributed by atoms with van der Waals surface area (Å²) in [6.45, 7) is 2.19. The van der Waals surface area contributed by atoms with Crippen LogP contribution in [0.3, 0.4) is 0 Å². The molecule has 0 unspecified atom stereocenters. The Kier molecular flexibility index (Phi) is 9.40. The highest BCUT2D eigenvalue weighted by Gasteiger charge is 2.33. The van der Waals surface area contributed by atoms with E-state index in [9.17, 15) is 9.59 Å². The Bertz CT molecular complexity index is 1870. The molecular formula is C30H22BrCl2IN2O4S. The van der Waals surface area contributed by atoms with Crippen LogP contribution in [0.15, 0.2) is 86.2 Å². The number of nitrogens with zero attached hydrogens (tertiary/aromatic N) is 2. The number of halogens is 4. The Labute approximate surface area is 272 Å². The zero-order chi connectivity index (χ0) is 29.3. The van der Waals surface area contributed by atoms with E-state index in [1.807, 2.05) is 55.5 Å². The lowest BCUT2D eigenvalue weighted by Crippen LogP contribution is -2.40. The van der Waals surface area contributed by atoms with Crippen molar-refractivity contribution in [3.8, 4) is 5.75 Å². The highest BCUT2D eigenvalue weighted by atomic mass is 127. The fourth-order valence-corrected chi connectivity index (χ4v) is 7.62. The van der Waals surface area contributed by atoms with Gasteiger partial charge < -0.3 is 9.47 Å². The quantitative estimate of drug-likeness (QED) is 0.149. The number of thiazole rings is 1. The van der Waals surface area contributed by atoms with Gasteiger partial charge in [0, 0.05) is 10.0 Å². The van der Waals surface area contributed by atoms with Crippen LogP contribution in [0.2, 0.25) is 10.0 Å². The molecule has 0 saturated carbocycles. The molecule has 0 aliphatic carbocycles. The average Bonchev–Trinajstić information content (AvgIpc) is 3.27. The van der Waals surface area contributed by atoms with Gasteiger partial charge in [-0.25, -0.2) is 9.79 Å². The molecule has 0 amide bonds. The van der Waals surface area contributed by atoms with Gasteiger partial charge in [0.15, 0.2) is 4.80 Å². The molecule has 1 aliphatic rings. The van der Waals surface area contributed by atoms with E-state index in [0.29, 0.717) is 48.4 Å². The molecule has 6 nitrogen and oxygen atoms in total. The fraction of sp³-hybridized carbons (Fsp3) is 0.167. The molecule has 4 aromatic rings. The smallest absolute Gasteiger partial charge is 0.338 e. The van der Waals surface area contributed by atoms with Gasteiger partial charge in [0.2, 0.25) is 0 Å². The minimum absolute atomic E-state index is 0.257. The number of benzene rings is 3. The Hall–Kier alpha value is -2.44. The summed E-state index contributed by atoms with van der Waals surface area (Å²) in [6, 6.07) is 18.0. The summed E-state index contributed by atoms with van der Waals surface area (Å²) in [5.74, 6) is 0.114. The zero-order valence-electron chi connectivity index (χ0n) is 21.8. The molecule has 0 spiro atoms. The first-order valence-corrected chi connectivity index (χ1v) is 15.9. The van der Waals surface area contributed by atoms with Crippen molar-refractivity contribution >= 4 is 85.1 Å². The molecule has 3 aromatic carbocycles. The average molecular weight is 784 g/mol. The van der Waals surface area contributed by atoms with Crippen LogP contribution in [0.25, 0.3) is 6.08 Å². The van der Waals surface area contributed by atoms with Crippen LogP contribution >= 0.6 is 73.1 Å². The standard InChI is InChI=1S/C30H22BrCl2IN2O4S/c1-3-23-25(29(38)39-2)26(17-7-5-4-6-8-17)36-28(37)24(41-30(36)35-23)13-18-12-19(31)14-22(34)27(18)40-15-16-9-10-20(32)21(33)11-16/h4-14,26H,3,15H2,1-2H3/b24-13+/t26-/m0/s1. The van der Waals surface area contributed by atoms with Crippen LogP contribution < -0.4 is 19.6 Å². The van der Waals surface area contributed by atoms with Crippen molar-refractivity contribution in [1.29, 1.82) is 0 Å². The summed E-state index contributed by atoms with van der Waals surface area (Å²) in [4.78, 5) is 32.3. The number of hydrogen-bond donors (Lipinski definition) is 0. The van der Waals surface area contributed by atoms with Gasteiger partial charge in [-0.3, -0.25) is 9.36 Å². The number of methoxy groups -OCH3 is 1. The molecule has 210 valence electrons. The molecule has 0 N–H and O–H groups in total. The molecule has 1 atom stereocenters. The van der Waals surface area contributed by atoms with Crippen LogP contribution in [0.4, 0.5) is 0 Å². The minimum Gasteiger partial charge on any atom is -0.487 e.